The number of nitrogens with one attached hydrogen (secondary N) is 2. The van der Waals surface area contributed by atoms with Gasteiger partial charge in [0.25, 0.3) is 5.91 Å². The summed E-state index contributed by atoms with van der Waals surface area (Å²) < 4.78 is 0. The summed E-state index contributed by atoms with van der Waals surface area (Å²) in [5.74, 6) is -0.277. The predicted octanol–water partition coefficient (Wildman–Crippen LogP) is 6.53. The van der Waals surface area contributed by atoms with E-state index < -0.39 is 0 Å². The van der Waals surface area contributed by atoms with E-state index in [4.69, 9.17) is 0 Å². The van der Waals surface area contributed by atoms with Crippen LogP contribution in [0.4, 0.5) is 0 Å². The number of hydrogen-bond donors (Lipinski definition) is 3. The maximum atomic E-state index is 12.5. The molecule has 0 aromatic heterocycles. The number of benzene rings is 2. The van der Waals surface area contributed by atoms with Crippen LogP contribution in [0.1, 0.15) is 38.8 Å². The van der Waals surface area contributed by atoms with E-state index in [2.05, 4.69) is 36.3 Å². The fourth-order valence-corrected chi connectivity index (χ4v) is 3.82. The van der Waals surface area contributed by atoms with Crippen LogP contribution in [0.3, 0.4) is 0 Å². The number of rotatable bonds is 6. The molecule has 2 aromatic rings. The maximum Gasteiger partial charge on any atom is 0.256 e. The van der Waals surface area contributed by atoms with Gasteiger partial charge in [-0.1, -0.05) is 68.1 Å². The first-order chi connectivity index (χ1) is 16.4. The monoisotopic (exact) mass is 494 g/mol. The van der Waals surface area contributed by atoms with Gasteiger partial charge in [0.1, 0.15) is 0 Å². The molecule has 1 aliphatic heterocycles. The molecule has 0 fully saturated rings. The van der Waals surface area contributed by atoms with Gasteiger partial charge < -0.3 is 10.6 Å². The van der Waals surface area contributed by atoms with Gasteiger partial charge in [0, 0.05) is 9.79 Å². The van der Waals surface area contributed by atoms with Crippen molar-refractivity contribution in [3.63, 3.8) is 0 Å². The summed E-state index contributed by atoms with van der Waals surface area (Å²) in [7, 11) is 3.75. The fourth-order valence-electron chi connectivity index (χ4n) is 2.88. The van der Waals surface area contributed by atoms with Crippen molar-refractivity contribution in [3.8, 4) is 0 Å². The quantitative estimate of drug-likeness (QED) is 0.140. The van der Waals surface area contributed by atoms with Crippen LogP contribution in [0.2, 0.25) is 0 Å². The number of amides is 1. The molecule has 3 rings (SSSR count). The molecule has 0 atom stereocenters. The first-order valence-electron chi connectivity index (χ1n) is 11.1. The maximum absolute atomic E-state index is 12.5. The smallest absolute Gasteiger partial charge is 0.256 e. The standard InChI is InChI=1S/C24H21NO2S2.C2H7N.C2H6/c1-3-4-5-16(2)29-20-12-8-18(9-13-20)23-22(15-26)21(24(27)25-23)14-17-6-10-19(28)11-7-17;1-3-2;1-2/h3-15,28H,1-2H3,(H,25,27);3H,1-2H3;1-2H3/b4-3-,16-5+,21-14-;;. The Bertz CT molecular complexity index is 1060. The van der Waals surface area contributed by atoms with Gasteiger partial charge >= 0.3 is 0 Å². The van der Waals surface area contributed by atoms with Crippen LogP contribution in [-0.4, -0.2) is 26.3 Å². The summed E-state index contributed by atoms with van der Waals surface area (Å²) in [5, 5.41) is 5.59. The van der Waals surface area contributed by atoms with Crippen LogP contribution < -0.4 is 10.6 Å². The molecular formula is C28H34N2O2S2. The zero-order chi connectivity index (χ0) is 25.5. The van der Waals surface area contributed by atoms with Gasteiger partial charge in [-0.05, 0) is 74.3 Å². The van der Waals surface area contributed by atoms with E-state index >= 15 is 0 Å². The van der Waals surface area contributed by atoms with E-state index in [-0.39, 0.29) is 5.91 Å². The zero-order valence-corrected chi connectivity index (χ0v) is 22.4. The Labute approximate surface area is 213 Å². The first kappa shape index (κ1) is 29.2. The summed E-state index contributed by atoms with van der Waals surface area (Å²) in [6, 6.07) is 15.2. The molecule has 0 aliphatic carbocycles. The molecule has 1 aliphatic rings. The number of carbonyl (C=O) groups is 2. The van der Waals surface area contributed by atoms with E-state index in [0.29, 0.717) is 16.8 Å². The number of allylic oxidation sites excluding steroid dienone is 4. The molecule has 0 bridgehead atoms. The van der Waals surface area contributed by atoms with Gasteiger partial charge in [0.15, 0.2) is 6.29 Å². The number of thioether (sulfide) groups is 1. The lowest BCUT2D eigenvalue weighted by atomic mass is 10.0. The highest BCUT2D eigenvalue weighted by atomic mass is 32.2. The molecule has 2 aromatic carbocycles. The highest BCUT2D eigenvalue weighted by Crippen LogP contribution is 2.31. The Morgan fingerprint density at radius 1 is 1.03 bits per heavy atom. The SMILES string of the molecule is C/C=C\C=C(/C)Sc1ccc(C2=C(C=O)/C(=C/c3ccc(S)cc3)C(=O)N2)cc1.CC.CNC. The Hall–Kier alpha value is -2.80. The van der Waals surface area contributed by atoms with E-state index in [9.17, 15) is 9.59 Å². The van der Waals surface area contributed by atoms with Crippen molar-refractivity contribution in [1.82, 2.24) is 10.6 Å². The molecule has 4 nitrogen and oxygen atoms in total. The van der Waals surface area contributed by atoms with Crippen LogP contribution in [0, 0.1) is 0 Å². The second kappa shape index (κ2) is 15.9. The molecule has 34 heavy (non-hydrogen) atoms. The highest BCUT2D eigenvalue weighted by Gasteiger charge is 2.27. The number of aldehydes is 1. The lowest BCUT2D eigenvalue weighted by molar-refractivity contribution is -0.116. The van der Waals surface area contributed by atoms with Gasteiger partial charge in [0.2, 0.25) is 0 Å². The summed E-state index contributed by atoms with van der Waals surface area (Å²) in [4.78, 5) is 27.4. The largest absolute Gasteiger partial charge is 0.323 e. The number of hydrogen-bond acceptors (Lipinski definition) is 5. The number of thiol groups is 1. The van der Waals surface area contributed by atoms with E-state index in [1.807, 2.05) is 95.5 Å². The predicted molar refractivity (Wildman–Crippen MR) is 150 cm³/mol. The van der Waals surface area contributed by atoms with Crippen LogP contribution >= 0.6 is 24.4 Å². The molecule has 180 valence electrons. The summed E-state index contributed by atoms with van der Waals surface area (Å²) in [6.07, 6.45) is 8.50. The Balaban J connectivity index is 0.00000107. The fraction of sp³-hybridized carbons (Fsp3) is 0.214. The highest BCUT2D eigenvalue weighted by molar-refractivity contribution is 8.03. The Morgan fingerprint density at radius 2 is 1.62 bits per heavy atom. The molecule has 1 amide bonds. The van der Waals surface area contributed by atoms with Crippen LogP contribution in [0.25, 0.3) is 11.8 Å². The lowest BCUT2D eigenvalue weighted by Gasteiger charge is -2.06. The van der Waals surface area contributed by atoms with Crippen molar-refractivity contribution in [3.05, 3.63) is 93.9 Å². The molecule has 1 heterocycles. The summed E-state index contributed by atoms with van der Waals surface area (Å²) in [6.45, 7) is 8.04. The van der Waals surface area contributed by atoms with E-state index in [1.165, 1.54) is 4.91 Å². The normalized spacial score (nSPS) is 14.4. The first-order valence-corrected chi connectivity index (χ1v) is 12.4. The van der Waals surface area contributed by atoms with Gasteiger partial charge in [0.05, 0.1) is 16.8 Å². The molecule has 0 saturated heterocycles. The molecule has 2 N–H and O–H groups in total. The second-order valence-corrected chi connectivity index (χ2v) is 8.78. The second-order valence-electron chi connectivity index (χ2n) is 6.94. The average Bonchev–Trinajstić information content (AvgIpc) is 3.16. The number of carbonyl (C=O) groups excluding carboxylic acids is 2. The van der Waals surface area contributed by atoms with Gasteiger partial charge in [-0.3, -0.25) is 9.59 Å². The lowest BCUT2D eigenvalue weighted by Crippen LogP contribution is -2.15. The minimum absolute atomic E-state index is 0.277. The van der Waals surface area contributed by atoms with Crippen molar-refractivity contribution in [2.75, 3.05) is 14.1 Å². The van der Waals surface area contributed by atoms with Crippen LogP contribution in [0.15, 0.2) is 92.6 Å². The third kappa shape index (κ3) is 8.86. The minimum atomic E-state index is -0.277. The van der Waals surface area contributed by atoms with Crippen molar-refractivity contribution in [2.24, 2.45) is 0 Å². The van der Waals surface area contributed by atoms with Crippen molar-refractivity contribution >= 4 is 48.4 Å². The summed E-state index contributed by atoms with van der Waals surface area (Å²) in [5.41, 5.74) is 2.91. The minimum Gasteiger partial charge on any atom is -0.323 e. The molecule has 6 heteroatoms. The van der Waals surface area contributed by atoms with E-state index in [0.717, 1.165) is 27.2 Å². The zero-order valence-electron chi connectivity index (χ0n) is 20.7. The van der Waals surface area contributed by atoms with Crippen molar-refractivity contribution in [1.29, 1.82) is 0 Å². The molecule has 0 radical (unpaired) electrons. The van der Waals surface area contributed by atoms with Crippen LogP contribution in [-0.2, 0) is 9.59 Å². The Morgan fingerprint density at radius 3 is 2.15 bits per heavy atom. The topological polar surface area (TPSA) is 58.2 Å². The molecule has 0 unspecified atom stereocenters. The van der Waals surface area contributed by atoms with Gasteiger partial charge in [-0.2, -0.15) is 0 Å². The Kier molecular flexibility index (Phi) is 13.7. The third-order valence-electron chi connectivity index (χ3n) is 4.31. The van der Waals surface area contributed by atoms with Gasteiger partial charge in [-0.25, -0.2) is 0 Å². The average molecular weight is 495 g/mol. The van der Waals surface area contributed by atoms with Crippen molar-refractivity contribution in [2.45, 2.75) is 37.5 Å². The third-order valence-corrected chi connectivity index (χ3v) is 5.57. The molecular weight excluding hydrogens is 460 g/mol. The van der Waals surface area contributed by atoms with Gasteiger partial charge in [-0.15, -0.1) is 12.6 Å². The van der Waals surface area contributed by atoms with E-state index in [1.54, 1.807) is 17.8 Å². The molecule has 0 spiro atoms. The summed E-state index contributed by atoms with van der Waals surface area (Å²) >= 11 is 5.93. The van der Waals surface area contributed by atoms with Crippen LogP contribution in [0.5, 0.6) is 0 Å². The molecule has 0 saturated carbocycles. The van der Waals surface area contributed by atoms with Crippen molar-refractivity contribution < 1.29 is 9.59 Å².